The van der Waals surface area contributed by atoms with Gasteiger partial charge in [0.25, 0.3) is 0 Å². The Labute approximate surface area is 754 Å². The maximum Gasteiger partial charge on any atom is 0.303 e. The summed E-state index contributed by atoms with van der Waals surface area (Å²) in [7, 11) is 0. The van der Waals surface area contributed by atoms with E-state index in [1.165, 1.54) is 9.36 Å². The van der Waals surface area contributed by atoms with E-state index < -0.39 is 233 Å². The second kappa shape index (κ2) is 48.1. The molecule has 0 aliphatic carbocycles. The van der Waals surface area contributed by atoms with Crippen LogP contribution < -0.4 is 9.47 Å². The van der Waals surface area contributed by atoms with E-state index in [4.69, 9.17) is 114 Å². The number of hydrogen-bond acceptors (Lipinski definition) is 42. The molecule has 0 spiro atoms. The van der Waals surface area contributed by atoms with Gasteiger partial charge in [0, 0.05) is 96.9 Å². The van der Waals surface area contributed by atoms with Crippen molar-refractivity contribution in [3.05, 3.63) is 155 Å². The molecule has 0 saturated carbocycles. The monoisotopic (exact) mass is 1850 g/mol. The van der Waals surface area contributed by atoms with Crippen LogP contribution in [-0.2, 0) is 198 Å². The summed E-state index contributed by atoms with van der Waals surface area (Å²) in [5, 5.41) is 17.1. The third kappa shape index (κ3) is 29.4. The predicted octanol–water partition coefficient (Wildman–Crippen LogP) is 4.31. The van der Waals surface area contributed by atoms with Crippen LogP contribution in [0, 0.1) is 0 Å². The Morgan fingerprint density at radius 3 is 0.803 bits per heavy atom. The lowest BCUT2D eigenvalue weighted by molar-refractivity contribution is -0.361. The van der Waals surface area contributed by atoms with E-state index in [0.29, 0.717) is 22.9 Å². The van der Waals surface area contributed by atoms with Crippen molar-refractivity contribution in [3.63, 3.8) is 0 Å². The summed E-state index contributed by atoms with van der Waals surface area (Å²) in [6, 6.07) is 34.6. The van der Waals surface area contributed by atoms with Crippen LogP contribution in [0.25, 0.3) is 11.1 Å². The van der Waals surface area contributed by atoms with Gasteiger partial charge >= 0.3 is 83.6 Å². The molecule has 132 heavy (non-hydrogen) atoms. The average Bonchev–Trinajstić information content (AvgIpc) is 0.841. The molecule has 44 heteroatoms. The lowest BCUT2D eigenvalue weighted by atomic mass is 9.86. The van der Waals surface area contributed by atoms with Gasteiger partial charge in [0.15, 0.2) is 86.2 Å². The number of carbonyl (C=O) groups is 14. The molecule has 0 radical (unpaired) electrons. The summed E-state index contributed by atoms with van der Waals surface area (Å²) < 4.78 is 143. The van der Waals surface area contributed by atoms with Crippen LogP contribution in [0.3, 0.4) is 0 Å². The highest BCUT2D eigenvalue weighted by atomic mass is 16.8. The van der Waals surface area contributed by atoms with Crippen LogP contribution in [0.2, 0.25) is 0 Å². The summed E-state index contributed by atoms with van der Waals surface area (Å²) in [5.74, 6) is -11.6. The van der Waals surface area contributed by atoms with E-state index in [1.807, 2.05) is 109 Å². The molecule has 6 aromatic rings. The summed E-state index contributed by atoms with van der Waals surface area (Å²) in [6.45, 7) is 11.5. The Hall–Kier alpha value is -13.2. The van der Waals surface area contributed by atoms with Crippen LogP contribution in [0.5, 0.6) is 11.5 Å². The lowest BCUT2D eigenvalue weighted by Gasteiger charge is -2.48. The average molecular weight is 1850 g/mol. The zero-order valence-corrected chi connectivity index (χ0v) is 74.4. The number of nitrogens with zero attached hydrogens (tertiary/aromatic N) is 6. The molecule has 10 rings (SSSR count). The number of benzene rings is 4. The molecule has 4 fully saturated rings. The Balaban J connectivity index is 0.806. The smallest absolute Gasteiger partial charge is 0.303 e. The zero-order chi connectivity index (χ0) is 95.6. The van der Waals surface area contributed by atoms with Crippen molar-refractivity contribution in [2.24, 2.45) is 0 Å². The topological polar surface area (TPSA) is 522 Å². The van der Waals surface area contributed by atoms with E-state index in [1.54, 1.807) is 12.4 Å². The van der Waals surface area contributed by atoms with E-state index in [9.17, 15) is 67.1 Å². The molecule has 4 aliphatic heterocycles. The maximum absolute atomic E-state index is 13.1. The van der Waals surface area contributed by atoms with Gasteiger partial charge in [0.05, 0.1) is 38.7 Å². The van der Waals surface area contributed by atoms with Crippen LogP contribution in [0.1, 0.15) is 131 Å². The molecule has 0 unspecified atom stereocenters. The minimum atomic E-state index is -1.89. The van der Waals surface area contributed by atoms with Gasteiger partial charge in [-0.15, -0.1) is 10.2 Å². The second-order valence-corrected chi connectivity index (χ2v) is 30.1. The third-order valence-corrected chi connectivity index (χ3v) is 19.6. The Bertz CT molecular complexity index is 4720. The minimum absolute atomic E-state index is 0.0188. The van der Waals surface area contributed by atoms with E-state index in [2.05, 4.69) is 20.6 Å². The number of carbonyl (C=O) groups excluding carboxylic acids is 14. The lowest BCUT2D eigenvalue weighted by Crippen LogP contribution is -2.67. The van der Waals surface area contributed by atoms with Gasteiger partial charge in [0.1, 0.15) is 99.2 Å². The van der Waals surface area contributed by atoms with Crippen molar-refractivity contribution in [1.29, 1.82) is 0 Å². The molecule has 44 nitrogen and oxygen atoms in total. The molecule has 712 valence electrons. The van der Waals surface area contributed by atoms with Crippen LogP contribution in [0.15, 0.2) is 122 Å². The molecular formula is C88H102N6O38. The molecule has 0 bridgehead atoms. The first-order valence-electron chi connectivity index (χ1n) is 41.5. The zero-order valence-electron chi connectivity index (χ0n) is 74.4. The highest BCUT2D eigenvalue weighted by Crippen LogP contribution is 2.42. The first-order valence-corrected chi connectivity index (χ1v) is 41.5. The summed E-state index contributed by atoms with van der Waals surface area (Å²) in [6.07, 6.45) is -30.1. The van der Waals surface area contributed by atoms with Gasteiger partial charge in [-0.2, -0.15) is 0 Å². The fourth-order valence-electron chi connectivity index (χ4n) is 14.6. The number of rotatable bonds is 40. The molecule has 6 heterocycles. The normalized spacial score (nSPS) is 25.1. The molecule has 4 aromatic carbocycles. The van der Waals surface area contributed by atoms with Gasteiger partial charge in [-0.25, -0.2) is 9.36 Å². The Kier molecular flexibility index (Phi) is 36.7. The molecule has 0 amide bonds. The highest BCUT2D eigenvalue weighted by Gasteiger charge is 2.60. The standard InChI is InChI=1S/C88H102N6O38/c1-45(95)111-41-67-73(117-49(5)99)77(119-51(7)101)83(125-57(13)107)87(129-67)131-75-69(43-113-47(3)97)127-85(81(123-55(11)105)79(75)121-53(9)103)109-35-33-93-37-63(89-91-93)39-115-65-29-25-61(26-30-65)71(59-21-17-15-18-22-59)72(60-23-19-16-20-24-60)62-27-31-66(32-28-62)116-40-64-38-94(92-90-64)34-36-110-86-82(124-56(12)106)80(122-54(10)104)76(70(128-86)44-114-48(4)98)132-88-84(126-58(14)108)78(120-52(8)102)74(118-50(6)100)68(130-88)42-112-46(2)96/h15-32,37-38,67-70,73-88H,33-36,39-44H2,1-14H3/b72-71+/t67-,68-,69-,70-,73+,74+,75-,76-,77+,78+,79+,80+,81-,82-,83-,84-,85-,86-,87+,88+/m1/s1. The van der Waals surface area contributed by atoms with E-state index in [0.717, 1.165) is 130 Å². The fraction of sp³-hybridized carbons (Fsp3) is 0.500. The number of esters is 14. The van der Waals surface area contributed by atoms with Crippen molar-refractivity contribution in [2.45, 2.75) is 246 Å². The molecule has 4 saturated heterocycles. The van der Waals surface area contributed by atoms with Crippen LogP contribution in [-0.4, -0.2) is 276 Å². The summed E-state index contributed by atoms with van der Waals surface area (Å²) in [5.41, 5.74) is 5.95. The Morgan fingerprint density at radius 1 is 0.280 bits per heavy atom. The molecule has 20 atom stereocenters. The summed E-state index contributed by atoms with van der Waals surface area (Å²) >= 11 is 0. The first-order chi connectivity index (χ1) is 62.9. The van der Waals surface area contributed by atoms with Crippen molar-refractivity contribution >= 4 is 94.7 Å². The van der Waals surface area contributed by atoms with Gasteiger partial charge < -0.3 is 114 Å². The van der Waals surface area contributed by atoms with Gasteiger partial charge in [-0.05, 0) is 57.7 Å². The van der Waals surface area contributed by atoms with Crippen molar-refractivity contribution in [2.75, 3.05) is 39.6 Å². The molecule has 2 aromatic heterocycles. The molecule has 0 N–H and O–H groups in total. The van der Waals surface area contributed by atoms with E-state index >= 15 is 0 Å². The second-order valence-electron chi connectivity index (χ2n) is 30.1. The van der Waals surface area contributed by atoms with Crippen LogP contribution in [0.4, 0.5) is 0 Å². The van der Waals surface area contributed by atoms with Gasteiger partial charge in [-0.3, -0.25) is 67.1 Å². The minimum Gasteiger partial charge on any atom is -0.487 e. The van der Waals surface area contributed by atoms with Crippen LogP contribution >= 0.6 is 0 Å². The predicted molar refractivity (Wildman–Crippen MR) is 438 cm³/mol. The molecular weight excluding hydrogens is 1750 g/mol. The van der Waals surface area contributed by atoms with Crippen molar-refractivity contribution in [3.8, 4) is 11.5 Å². The van der Waals surface area contributed by atoms with Gasteiger partial charge in [0.2, 0.25) is 0 Å². The first kappa shape index (κ1) is 101. The Morgan fingerprint density at radius 2 is 0.523 bits per heavy atom. The van der Waals surface area contributed by atoms with E-state index in [-0.39, 0.29) is 39.5 Å². The largest absolute Gasteiger partial charge is 0.487 e. The number of aromatic nitrogens is 6. The SMILES string of the molecule is CC(=O)OC[C@H]1O[C@@H](O[C@H]2[C@H](OC(C)=O)[C@@H](OC(C)=O)[C@H](OCCn3cc(COc4ccc(/C(=C(\c5ccccc5)c5ccc(OCc6cn(CCO[C@@H]7O[C@H](COC(C)=O)[C@@H](O[C@@H]8O[C@H](COC(C)=O)[C@H](OC(C)=O)[C@H](OC(C)=O)[C@H]8OC(C)=O)[C@H](OC(C)=O)[C@H]7OC(C)=O)nn6)cc5)c5ccccc5)cc4)nn3)O[C@@H]2COC(C)=O)[C@H](OC(C)=O)[C@@H](OC(C)=O)[C@H]1OC(C)=O. The number of ether oxygens (including phenoxy) is 24. The third-order valence-electron chi connectivity index (χ3n) is 19.6. The van der Waals surface area contributed by atoms with Crippen molar-refractivity contribution < 1.29 is 181 Å². The fourth-order valence-corrected chi connectivity index (χ4v) is 14.6. The molecule has 4 aliphatic rings. The summed E-state index contributed by atoms with van der Waals surface area (Å²) in [4.78, 5) is 177. The number of hydrogen-bond donors (Lipinski definition) is 0. The quantitative estimate of drug-likeness (QED) is 0.0294. The highest BCUT2D eigenvalue weighted by molar-refractivity contribution is 6.04. The maximum atomic E-state index is 13.1. The van der Waals surface area contributed by atoms with Gasteiger partial charge in [-0.1, -0.05) is 95.4 Å². The van der Waals surface area contributed by atoms with Crippen molar-refractivity contribution in [1.82, 2.24) is 30.0 Å².